The minimum absolute atomic E-state index is 0.393. The van der Waals surface area contributed by atoms with Crippen LogP contribution in [0.3, 0.4) is 0 Å². The molecule has 45 heavy (non-hydrogen) atoms. The molecule has 2 aliphatic rings. The van der Waals surface area contributed by atoms with Gasteiger partial charge < -0.3 is 0 Å². The van der Waals surface area contributed by atoms with Crippen LogP contribution in [-0.4, -0.2) is 22.4 Å². The van der Waals surface area contributed by atoms with Crippen molar-refractivity contribution in [2.75, 3.05) is 0 Å². The van der Waals surface area contributed by atoms with Gasteiger partial charge in [0.25, 0.3) is 0 Å². The first-order valence-electron chi connectivity index (χ1n) is 17.1. The third-order valence-electron chi connectivity index (χ3n) is 11.0. The predicted octanol–water partition coefficient (Wildman–Crippen LogP) is 10.9. The molecule has 2 aliphatic carbocycles. The third kappa shape index (κ3) is 5.94. The first-order valence-corrected chi connectivity index (χ1v) is 43.1. The summed E-state index contributed by atoms with van der Waals surface area (Å²) in [7, 11) is -2.65. The van der Waals surface area contributed by atoms with E-state index in [-0.39, 0.29) is 0 Å². The topological polar surface area (TPSA) is 0 Å². The molecule has 0 bridgehead atoms. The van der Waals surface area contributed by atoms with Gasteiger partial charge in [-0.1, -0.05) is 0 Å². The zero-order valence-electron chi connectivity index (χ0n) is 29.0. The van der Waals surface area contributed by atoms with Crippen molar-refractivity contribution in [3.8, 4) is 22.3 Å². The molecule has 0 spiro atoms. The van der Waals surface area contributed by atoms with Crippen molar-refractivity contribution in [3.63, 3.8) is 0 Å². The molecule has 0 aliphatic heterocycles. The van der Waals surface area contributed by atoms with Gasteiger partial charge in [0.2, 0.25) is 0 Å². The number of rotatable bonds is 8. The normalized spacial score (nSPS) is 17.8. The van der Waals surface area contributed by atoms with Crippen molar-refractivity contribution in [3.05, 3.63) is 119 Å². The molecule has 2 atom stereocenters. The molecule has 4 aromatic carbocycles. The molecule has 0 radical (unpaired) electrons. The summed E-state index contributed by atoms with van der Waals surface area (Å²) in [5.74, 6) is 0. The summed E-state index contributed by atoms with van der Waals surface area (Å²) in [6.07, 6.45) is 12.0. The monoisotopic (exact) mass is 808 g/mol. The van der Waals surface area contributed by atoms with Crippen LogP contribution in [0.1, 0.15) is 42.9 Å². The first-order chi connectivity index (χ1) is 21.2. The zero-order chi connectivity index (χ0) is 32.2. The fourth-order valence-corrected chi connectivity index (χ4v) is 50.6. The summed E-state index contributed by atoms with van der Waals surface area (Å²) < 4.78 is 6.86. The molecular formula is C41H52HfSi3. The van der Waals surface area contributed by atoms with E-state index in [0.717, 1.165) is 0 Å². The Kier molecular flexibility index (Phi) is 8.63. The van der Waals surface area contributed by atoms with Crippen LogP contribution < -0.4 is 10.4 Å². The van der Waals surface area contributed by atoms with E-state index in [1.807, 2.05) is 0 Å². The molecule has 232 valence electrons. The van der Waals surface area contributed by atoms with Crippen LogP contribution in [0, 0.1) is 0 Å². The van der Waals surface area contributed by atoms with Crippen LogP contribution in [-0.2, 0) is 17.1 Å². The molecule has 0 heterocycles. The van der Waals surface area contributed by atoms with Crippen LogP contribution in [0.4, 0.5) is 0 Å². The van der Waals surface area contributed by atoms with E-state index in [4.69, 9.17) is 0 Å². The Hall–Kier alpha value is -2.12. The molecule has 2 unspecified atom stereocenters. The van der Waals surface area contributed by atoms with E-state index in [1.165, 1.54) is 56.2 Å². The SMILES string of the molecule is CCC[SiH]=[Hf]([CH3])([CH3])([CH]1C=Cc2c(-c3ccc([Si](C)(C)C)cc3)cccc21)[CH]1C=Cc2c(-c3ccc([Si](C)(C)C)cc3)cccc21. The number of benzene rings is 4. The molecule has 0 aromatic heterocycles. The summed E-state index contributed by atoms with van der Waals surface area (Å²) in [4.78, 5) is 0. The second-order valence-electron chi connectivity index (χ2n) is 16.7. The molecule has 0 amide bonds. The van der Waals surface area contributed by atoms with E-state index in [1.54, 1.807) is 11.1 Å². The number of allylic oxidation sites excluding steroid dienone is 2. The van der Waals surface area contributed by atoms with Gasteiger partial charge in [0, 0.05) is 0 Å². The fourth-order valence-electron chi connectivity index (χ4n) is 8.11. The van der Waals surface area contributed by atoms with Gasteiger partial charge in [-0.2, -0.15) is 0 Å². The van der Waals surface area contributed by atoms with Crippen molar-refractivity contribution in [1.82, 2.24) is 0 Å². The van der Waals surface area contributed by atoms with Crippen LogP contribution in [0.15, 0.2) is 97.1 Å². The Labute approximate surface area is 277 Å². The van der Waals surface area contributed by atoms with Crippen molar-refractivity contribution < 1.29 is 17.1 Å². The van der Waals surface area contributed by atoms with E-state index in [0.29, 0.717) is 13.6 Å². The van der Waals surface area contributed by atoms with Gasteiger partial charge in [0.15, 0.2) is 0 Å². The molecule has 0 saturated carbocycles. The number of fused-ring (bicyclic) bond motifs is 2. The van der Waals surface area contributed by atoms with Gasteiger partial charge in [-0.15, -0.1) is 0 Å². The van der Waals surface area contributed by atoms with Crippen LogP contribution in [0.2, 0.25) is 54.7 Å². The molecule has 0 saturated heterocycles. The second-order valence-corrected chi connectivity index (χ2v) is 71.2. The Morgan fingerprint density at radius 2 is 0.978 bits per heavy atom. The Morgan fingerprint density at radius 3 is 1.33 bits per heavy atom. The number of hydrogen-bond acceptors (Lipinski definition) is 0. The molecular weight excluding hydrogens is 755 g/mol. The van der Waals surface area contributed by atoms with Gasteiger partial charge in [-0.3, -0.25) is 0 Å². The average Bonchev–Trinajstić information content (AvgIpc) is 3.66. The molecule has 6 rings (SSSR count). The molecule has 0 N–H and O–H groups in total. The summed E-state index contributed by atoms with van der Waals surface area (Å²) in [5.41, 5.74) is 11.7. The van der Waals surface area contributed by atoms with E-state index >= 15 is 0 Å². The minimum atomic E-state index is -3.67. The fraction of sp³-hybridized carbons (Fsp3) is 0.317. The van der Waals surface area contributed by atoms with Crippen LogP contribution in [0.25, 0.3) is 34.4 Å². The van der Waals surface area contributed by atoms with E-state index in [2.05, 4.69) is 165 Å². The maximum atomic E-state index is 2.85. The van der Waals surface area contributed by atoms with Gasteiger partial charge in [-0.05, 0) is 0 Å². The summed E-state index contributed by atoms with van der Waals surface area (Å²) in [5, 5.41) is 3.07. The van der Waals surface area contributed by atoms with Gasteiger partial charge >= 0.3 is 279 Å². The Bertz CT molecular complexity index is 1740. The van der Waals surface area contributed by atoms with Gasteiger partial charge in [-0.25, -0.2) is 0 Å². The van der Waals surface area contributed by atoms with Crippen molar-refractivity contribution >= 4 is 44.9 Å². The molecule has 0 fully saturated rings. The standard InChI is InChI=1S/2C18H19Si.C3H8Si.2CH3.Hf/c2*1-19(2,3)16-12-10-15(11-13-16)18-9-5-7-14-6-4-8-17(14)18;1-2-3-4;;;/h2*4-13H,1-3H3;4H,2-3H2,1H3;2*1H3;. The average molecular weight is 808 g/mol. The molecule has 4 heteroatoms. The molecule has 0 nitrogen and oxygen atoms in total. The Morgan fingerprint density at radius 1 is 0.578 bits per heavy atom. The van der Waals surface area contributed by atoms with Crippen molar-refractivity contribution in [2.45, 2.75) is 75.4 Å². The number of hydrogen-bond donors (Lipinski definition) is 0. The summed E-state index contributed by atoms with van der Waals surface area (Å²) >= 11 is -3.67. The predicted molar refractivity (Wildman–Crippen MR) is 207 cm³/mol. The van der Waals surface area contributed by atoms with Crippen LogP contribution in [0.5, 0.6) is 0 Å². The summed E-state index contributed by atoms with van der Waals surface area (Å²) in [6.45, 7) is 17.0. The molecule has 4 aromatic rings. The van der Waals surface area contributed by atoms with Gasteiger partial charge in [0.1, 0.15) is 0 Å². The maximum absolute atomic E-state index is 3.67. The zero-order valence-corrected chi connectivity index (χ0v) is 35.8. The van der Waals surface area contributed by atoms with Gasteiger partial charge in [0.05, 0.1) is 0 Å². The summed E-state index contributed by atoms with van der Waals surface area (Å²) in [6, 6.07) is 34.8. The second kappa shape index (κ2) is 11.8. The van der Waals surface area contributed by atoms with E-state index < -0.39 is 33.3 Å². The first kappa shape index (κ1) is 32.8. The third-order valence-corrected chi connectivity index (χ3v) is 57.9. The van der Waals surface area contributed by atoms with Crippen LogP contribution >= 0.6 is 0 Å². The quantitative estimate of drug-likeness (QED) is 0.156. The Balaban J connectivity index is 1.43. The van der Waals surface area contributed by atoms with E-state index in [9.17, 15) is 0 Å². The van der Waals surface area contributed by atoms with Crippen molar-refractivity contribution in [1.29, 1.82) is 0 Å². The van der Waals surface area contributed by atoms with Crippen molar-refractivity contribution in [2.24, 2.45) is 0 Å².